The van der Waals surface area contributed by atoms with Crippen molar-refractivity contribution in [1.29, 1.82) is 0 Å². The van der Waals surface area contributed by atoms with Crippen molar-refractivity contribution in [1.82, 2.24) is 0 Å². The summed E-state index contributed by atoms with van der Waals surface area (Å²) >= 11 is 0. The zero-order chi connectivity index (χ0) is 30.1. The summed E-state index contributed by atoms with van der Waals surface area (Å²) in [6.07, 6.45) is -2.10. The minimum atomic E-state index is -1.04. The topological polar surface area (TPSA) is 89.7 Å². The molecule has 2 aliphatic heterocycles. The van der Waals surface area contributed by atoms with Crippen molar-refractivity contribution in [2.45, 2.75) is 95.9 Å². The molecule has 0 saturated carbocycles. The molecular weight excluding hydrogens is 530 g/mol. The van der Waals surface area contributed by atoms with Crippen LogP contribution in [0.2, 0.25) is 0 Å². The number of benzene rings is 3. The Morgan fingerprint density at radius 1 is 0.905 bits per heavy atom. The Labute approximate surface area is 249 Å². The van der Waals surface area contributed by atoms with Crippen LogP contribution in [0.1, 0.15) is 75.6 Å². The Bertz CT molecular complexity index is 1360. The van der Waals surface area contributed by atoms with E-state index in [1.807, 2.05) is 66.7 Å². The third-order valence-electron chi connectivity index (χ3n) is 7.86. The van der Waals surface area contributed by atoms with Crippen LogP contribution in [-0.2, 0) is 36.4 Å². The first-order valence-electron chi connectivity index (χ1n) is 14.6. The lowest BCUT2D eigenvalue weighted by Crippen LogP contribution is -2.61. The van der Waals surface area contributed by atoms with Gasteiger partial charge in [-0.15, -0.1) is 0 Å². The van der Waals surface area contributed by atoms with Crippen LogP contribution < -0.4 is 0 Å². The van der Waals surface area contributed by atoms with Gasteiger partial charge >= 0.3 is 0 Å². The quantitative estimate of drug-likeness (QED) is 0.342. The number of aliphatic hydroxyl groups is 1. The lowest BCUT2D eigenvalue weighted by molar-refractivity contribution is -0.343. The number of hydrogen-bond acceptors (Lipinski definition) is 7. The lowest BCUT2D eigenvalue weighted by atomic mass is 9.79. The molecule has 2 aliphatic rings. The molecule has 0 aliphatic carbocycles. The van der Waals surface area contributed by atoms with Crippen molar-refractivity contribution in [3.63, 3.8) is 0 Å². The van der Waals surface area contributed by atoms with Crippen molar-refractivity contribution >= 4 is 6.21 Å². The van der Waals surface area contributed by atoms with E-state index in [1.54, 1.807) is 6.21 Å². The van der Waals surface area contributed by atoms with E-state index < -0.39 is 36.9 Å². The third kappa shape index (κ3) is 6.77. The second kappa shape index (κ2) is 12.3. The van der Waals surface area contributed by atoms with Crippen molar-refractivity contribution in [2.24, 2.45) is 4.99 Å². The zero-order valence-electron chi connectivity index (χ0n) is 25.4. The molecular formula is C35H43NO6. The van der Waals surface area contributed by atoms with Crippen molar-refractivity contribution < 1.29 is 29.2 Å². The Kier molecular flexibility index (Phi) is 8.88. The number of nitrogens with zero attached hydrogens (tertiary/aromatic N) is 1. The predicted molar refractivity (Wildman–Crippen MR) is 163 cm³/mol. The minimum absolute atomic E-state index is 0.138. The summed E-state index contributed by atoms with van der Waals surface area (Å²) in [4.78, 5) is 4.82. The molecule has 0 aromatic heterocycles. The van der Waals surface area contributed by atoms with E-state index in [1.165, 1.54) is 0 Å². The number of ether oxygens (including phenoxy) is 4. The summed E-state index contributed by atoms with van der Waals surface area (Å²) in [6.45, 7) is 13.2. The largest absolute Gasteiger partial charge is 0.507 e. The molecule has 0 spiro atoms. The zero-order valence-corrected chi connectivity index (χ0v) is 25.4. The SMILES string of the molecule is CC(C)(C)c1cc(C=N[C@H]2[C@@H](OCc3ccccc3)OC3CO[C@@H](c4ccccc4)OC3[C@@H]2O)c(O)c(C(C)(C)C)c1. The van der Waals surface area contributed by atoms with Crippen LogP contribution in [0.3, 0.4) is 0 Å². The van der Waals surface area contributed by atoms with Crippen LogP contribution in [0, 0.1) is 0 Å². The Morgan fingerprint density at radius 2 is 1.57 bits per heavy atom. The molecule has 6 atom stereocenters. The van der Waals surface area contributed by atoms with Gasteiger partial charge in [0.2, 0.25) is 0 Å². The summed E-state index contributed by atoms with van der Waals surface area (Å²) in [5, 5.41) is 23.0. The van der Waals surface area contributed by atoms with Gasteiger partial charge in [0.15, 0.2) is 12.6 Å². The molecule has 2 unspecified atom stereocenters. The average Bonchev–Trinajstić information content (AvgIpc) is 2.96. The van der Waals surface area contributed by atoms with Crippen LogP contribution >= 0.6 is 0 Å². The molecule has 224 valence electrons. The first-order valence-corrected chi connectivity index (χ1v) is 14.6. The van der Waals surface area contributed by atoms with Crippen LogP contribution in [-0.4, -0.2) is 53.7 Å². The first-order chi connectivity index (χ1) is 19.9. The van der Waals surface area contributed by atoms with Crippen molar-refractivity contribution in [2.75, 3.05) is 6.61 Å². The summed E-state index contributed by atoms with van der Waals surface area (Å²) in [5.74, 6) is 0.177. The molecule has 0 amide bonds. The Hall–Kier alpha value is -3.07. The highest BCUT2D eigenvalue weighted by Gasteiger charge is 2.50. The smallest absolute Gasteiger partial charge is 0.184 e. The van der Waals surface area contributed by atoms with Crippen LogP contribution in [0.4, 0.5) is 0 Å². The highest BCUT2D eigenvalue weighted by molar-refractivity contribution is 5.85. The van der Waals surface area contributed by atoms with Gasteiger partial charge in [0, 0.05) is 22.9 Å². The van der Waals surface area contributed by atoms with Gasteiger partial charge in [0.25, 0.3) is 0 Å². The van der Waals surface area contributed by atoms with E-state index in [9.17, 15) is 10.2 Å². The normalized spacial score (nSPS) is 26.7. The fraction of sp³-hybridized carbons (Fsp3) is 0.457. The molecule has 2 fully saturated rings. The summed E-state index contributed by atoms with van der Waals surface area (Å²) in [7, 11) is 0. The molecule has 7 nitrogen and oxygen atoms in total. The lowest BCUT2D eigenvalue weighted by Gasteiger charge is -2.46. The maximum atomic E-state index is 11.7. The van der Waals surface area contributed by atoms with Crippen LogP contribution in [0.25, 0.3) is 0 Å². The summed E-state index contributed by atoms with van der Waals surface area (Å²) in [5.41, 5.74) is 3.93. The van der Waals surface area contributed by atoms with Crippen LogP contribution in [0.15, 0.2) is 77.8 Å². The second-order valence-electron chi connectivity index (χ2n) is 13.2. The van der Waals surface area contributed by atoms with Gasteiger partial charge in [-0.25, -0.2) is 0 Å². The first kappa shape index (κ1) is 30.4. The third-order valence-corrected chi connectivity index (χ3v) is 7.86. The van der Waals surface area contributed by atoms with Gasteiger partial charge in [-0.1, -0.05) is 108 Å². The fourth-order valence-electron chi connectivity index (χ4n) is 5.33. The number of aliphatic imine (C=N–C) groups is 1. The van der Waals surface area contributed by atoms with Crippen LogP contribution in [0.5, 0.6) is 5.75 Å². The maximum Gasteiger partial charge on any atom is 0.184 e. The van der Waals surface area contributed by atoms with Gasteiger partial charge < -0.3 is 29.2 Å². The molecule has 2 N–H and O–H groups in total. The van der Waals surface area contributed by atoms with E-state index >= 15 is 0 Å². The summed E-state index contributed by atoms with van der Waals surface area (Å²) in [6, 6.07) is 22.7. The maximum absolute atomic E-state index is 11.7. The molecule has 5 rings (SSSR count). The van der Waals surface area contributed by atoms with E-state index in [0.717, 1.165) is 22.3 Å². The minimum Gasteiger partial charge on any atom is -0.507 e. The number of phenols is 1. The number of aromatic hydroxyl groups is 1. The Morgan fingerprint density at radius 3 is 2.21 bits per heavy atom. The van der Waals surface area contributed by atoms with Gasteiger partial charge in [-0.3, -0.25) is 4.99 Å². The van der Waals surface area contributed by atoms with Crippen molar-refractivity contribution in [3.05, 3.63) is 101 Å². The highest BCUT2D eigenvalue weighted by Crippen LogP contribution is 2.38. The summed E-state index contributed by atoms with van der Waals surface area (Å²) < 4.78 is 24.8. The second-order valence-corrected chi connectivity index (χ2v) is 13.2. The van der Waals surface area contributed by atoms with Gasteiger partial charge in [-0.2, -0.15) is 0 Å². The van der Waals surface area contributed by atoms with E-state index in [0.29, 0.717) is 5.56 Å². The molecule has 42 heavy (non-hydrogen) atoms. The van der Waals surface area contributed by atoms with Crippen molar-refractivity contribution in [3.8, 4) is 5.75 Å². The van der Waals surface area contributed by atoms with Gasteiger partial charge in [0.05, 0.1) is 13.2 Å². The molecule has 0 bridgehead atoms. The molecule has 2 heterocycles. The monoisotopic (exact) mass is 573 g/mol. The van der Waals surface area contributed by atoms with E-state index in [2.05, 4.69) is 47.6 Å². The molecule has 7 heteroatoms. The standard InChI is InChI=1S/C35H43NO6/c1-34(2,3)25-17-24(29(37)26(18-25)35(4,5)6)19-36-28-30(38)31-27(21-40-32(42-31)23-15-11-8-12-16-23)41-33(28)39-20-22-13-9-7-10-14-22/h7-19,27-28,30-33,37-38H,20-21H2,1-6H3/t27?,28-,30-,31?,32-,33+/m1/s1. The fourth-order valence-corrected chi connectivity index (χ4v) is 5.33. The molecule has 0 radical (unpaired) electrons. The highest BCUT2D eigenvalue weighted by atomic mass is 16.7. The predicted octanol–water partition coefficient (Wildman–Crippen LogP) is 6.19. The number of rotatable bonds is 6. The molecule has 2 saturated heterocycles. The number of phenolic OH excluding ortho intramolecular Hbond substituents is 1. The Balaban J connectivity index is 1.47. The van der Waals surface area contributed by atoms with E-state index in [4.69, 9.17) is 23.9 Å². The number of aliphatic hydroxyl groups excluding tert-OH is 1. The van der Waals surface area contributed by atoms with Gasteiger partial charge in [0.1, 0.15) is 30.1 Å². The molecule has 3 aromatic rings. The number of fused-ring (bicyclic) bond motifs is 1. The molecule has 3 aromatic carbocycles. The van der Waals surface area contributed by atoms with Gasteiger partial charge in [-0.05, 0) is 28.0 Å². The average molecular weight is 574 g/mol. The number of hydrogen-bond donors (Lipinski definition) is 2. The van der Waals surface area contributed by atoms with E-state index in [-0.39, 0.29) is 29.8 Å².